The summed E-state index contributed by atoms with van der Waals surface area (Å²) in [5.41, 5.74) is 0.389. The first-order chi connectivity index (χ1) is 10.5. The minimum Gasteiger partial charge on any atom is -0.434 e. The normalized spacial score (nSPS) is 11.0. The Morgan fingerprint density at radius 1 is 1.41 bits per heavy atom. The molecule has 0 aliphatic rings. The number of ether oxygens (including phenoxy) is 1. The van der Waals surface area contributed by atoms with Crippen LogP contribution in [0.15, 0.2) is 30.3 Å². The highest BCUT2D eigenvalue weighted by Crippen LogP contribution is 2.21. The number of carbonyl (C=O) groups is 1. The average molecular weight is 308 g/mol. The zero-order valence-electron chi connectivity index (χ0n) is 12.5. The van der Waals surface area contributed by atoms with Crippen molar-refractivity contribution in [3.05, 3.63) is 35.9 Å². The van der Waals surface area contributed by atoms with Gasteiger partial charge in [0, 0.05) is 24.2 Å². The van der Waals surface area contributed by atoms with E-state index in [0.29, 0.717) is 12.1 Å². The Bertz CT molecular complexity index is 566. The summed E-state index contributed by atoms with van der Waals surface area (Å²) in [6.07, 6.45) is 2.97. The van der Waals surface area contributed by atoms with Crippen LogP contribution in [-0.4, -0.2) is 30.0 Å². The number of nitrogens with zero attached hydrogens (tertiary/aromatic N) is 2. The Labute approximate surface area is 128 Å². The number of rotatable bonds is 7. The predicted molar refractivity (Wildman–Crippen MR) is 79.2 cm³/mol. The van der Waals surface area contributed by atoms with Crippen LogP contribution >= 0.6 is 0 Å². The van der Waals surface area contributed by atoms with Crippen molar-refractivity contribution in [2.24, 2.45) is 0 Å². The van der Waals surface area contributed by atoms with Crippen molar-refractivity contribution in [1.82, 2.24) is 4.90 Å². The first-order valence-electron chi connectivity index (χ1n) is 6.85. The Kier molecular flexibility index (Phi) is 7.03. The number of halogens is 2. The summed E-state index contributed by atoms with van der Waals surface area (Å²) in [6.45, 7) is 1.09. The fraction of sp³-hybridized carbons (Fsp3) is 0.375. The predicted octanol–water partition coefficient (Wildman–Crippen LogP) is 3.45. The third-order valence-electron chi connectivity index (χ3n) is 2.91. The SMILES string of the molecule is CC(C)N(CCC#N)C(=O)C=Cc1ccccc1OC(F)F. The summed E-state index contributed by atoms with van der Waals surface area (Å²) in [4.78, 5) is 13.7. The quantitative estimate of drug-likeness (QED) is 0.725. The van der Waals surface area contributed by atoms with Gasteiger partial charge in [-0.3, -0.25) is 4.79 Å². The molecule has 118 valence electrons. The smallest absolute Gasteiger partial charge is 0.387 e. The van der Waals surface area contributed by atoms with Crippen LogP contribution in [-0.2, 0) is 4.79 Å². The fourth-order valence-electron chi connectivity index (χ4n) is 1.87. The number of benzene rings is 1. The molecule has 6 heteroatoms. The molecule has 1 amide bonds. The number of hydrogen-bond acceptors (Lipinski definition) is 3. The van der Waals surface area contributed by atoms with Gasteiger partial charge in [0.15, 0.2) is 0 Å². The van der Waals surface area contributed by atoms with Gasteiger partial charge in [-0.2, -0.15) is 14.0 Å². The summed E-state index contributed by atoms with van der Waals surface area (Å²) < 4.78 is 29.0. The zero-order chi connectivity index (χ0) is 16.5. The van der Waals surface area contributed by atoms with Crippen LogP contribution in [0.25, 0.3) is 6.08 Å². The lowest BCUT2D eigenvalue weighted by Crippen LogP contribution is -2.36. The number of hydrogen-bond donors (Lipinski definition) is 0. The minimum atomic E-state index is -2.92. The van der Waals surface area contributed by atoms with Crippen molar-refractivity contribution in [2.45, 2.75) is 32.9 Å². The highest BCUT2D eigenvalue weighted by Gasteiger charge is 2.14. The molecule has 0 bridgehead atoms. The second-order valence-electron chi connectivity index (χ2n) is 4.78. The Morgan fingerprint density at radius 3 is 2.68 bits per heavy atom. The fourth-order valence-corrected chi connectivity index (χ4v) is 1.87. The maximum atomic E-state index is 12.3. The van der Waals surface area contributed by atoms with Crippen molar-refractivity contribution in [3.8, 4) is 11.8 Å². The van der Waals surface area contributed by atoms with E-state index in [1.165, 1.54) is 23.1 Å². The average Bonchev–Trinajstić information content (AvgIpc) is 2.45. The van der Waals surface area contributed by atoms with Gasteiger partial charge < -0.3 is 9.64 Å². The molecular formula is C16H18F2N2O2. The van der Waals surface area contributed by atoms with Crippen molar-refractivity contribution in [3.63, 3.8) is 0 Å². The zero-order valence-corrected chi connectivity index (χ0v) is 12.5. The van der Waals surface area contributed by atoms with Gasteiger partial charge in [-0.05, 0) is 26.0 Å². The van der Waals surface area contributed by atoms with Crippen LogP contribution in [0.1, 0.15) is 25.8 Å². The van der Waals surface area contributed by atoms with Gasteiger partial charge in [-0.25, -0.2) is 0 Å². The topological polar surface area (TPSA) is 53.3 Å². The second kappa shape index (κ2) is 8.78. The van der Waals surface area contributed by atoms with Gasteiger partial charge in [0.2, 0.25) is 5.91 Å². The third-order valence-corrected chi connectivity index (χ3v) is 2.91. The molecule has 0 spiro atoms. The lowest BCUT2D eigenvalue weighted by molar-refractivity contribution is -0.127. The van der Waals surface area contributed by atoms with Crippen molar-refractivity contribution < 1.29 is 18.3 Å². The number of para-hydroxylation sites is 1. The van der Waals surface area contributed by atoms with Crippen LogP contribution in [0.2, 0.25) is 0 Å². The van der Waals surface area contributed by atoms with Gasteiger partial charge in [-0.15, -0.1) is 0 Å². The van der Waals surface area contributed by atoms with E-state index in [-0.39, 0.29) is 24.1 Å². The first-order valence-corrected chi connectivity index (χ1v) is 6.85. The van der Waals surface area contributed by atoms with Crippen LogP contribution < -0.4 is 4.74 Å². The molecule has 1 aromatic rings. The van der Waals surface area contributed by atoms with E-state index in [1.807, 2.05) is 19.9 Å². The number of alkyl halides is 2. The van der Waals surface area contributed by atoms with Gasteiger partial charge in [-0.1, -0.05) is 18.2 Å². The summed E-state index contributed by atoms with van der Waals surface area (Å²) in [5.74, 6) is -0.272. The van der Waals surface area contributed by atoms with Crippen LogP contribution in [0.4, 0.5) is 8.78 Å². The van der Waals surface area contributed by atoms with E-state index < -0.39 is 6.61 Å². The molecular weight excluding hydrogens is 290 g/mol. The van der Waals surface area contributed by atoms with Crippen LogP contribution in [0.5, 0.6) is 5.75 Å². The van der Waals surface area contributed by atoms with Gasteiger partial charge in [0.25, 0.3) is 0 Å². The number of carbonyl (C=O) groups excluding carboxylic acids is 1. The van der Waals surface area contributed by atoms with Gasteiger partial charge in [0.1, 0.15) is 5.75 Å². The van der Waals surface area contributed by atoms with E-state index in [9.17, 15) is 13.6 Å². The molecule has 0 unspecified atom stereocenters. The second-order valence-corrected chi connectivity index (χ2v) is 4.78. The van der Waals surface area contributed by atoms with E-state index in [2.05, 4.69) is 4.74 Å². The van der Waals surface area contributed by atoms with E-state index in [1.54, 1.807) is 18.2 Å². The third kappa shape index (κ3) is 5.52. The Balaban J connectivity index is 2.86. The van der Waals surface area contributed by atoms with Crippen molar-refractivity contribution in [1.29, 1.82) is 5.26 Å². The van der Waals surface area contributed by atoms with Gasteiger partial charge in [0.05, 0.1) is 12.5 Å². The Morgan fingerprint density at radius 2 is 2.09 bits per heavy atom. The molecule has 0 radical (unpaired) electrons. The maximum Gasteiger partial charge on any atom is 0.387 e. The highest BCUT2D eigenvalue weighted by atomic mass is 19.3. The van der Waals surface area contributed by atoms with Crippen molar-refractivity contribution in [2.75, 3.05) is 6.54 Å². The molecule has 0 aromatic heterocycles. The molecule has 1 rings (SSSR count). The summed E-state index contributed by atoms with van der Waals surface area (Å²) in [7, 11) is 0. The Hall–Kier alpha value is -2.42. The standard InChI is InChI=1S/C16H18F2N2O2/c1-12(2)20(11-5-10-19)15(21)9-8-13-6-3-4-7-14(13)22-16(17)18/h3-4,6-9,12,16H,5,11H2,1-2H3. The number of amides is 1. The van der Waals surface area contributed by atoms with Crippen LogP contribution in [0, 0.1) is 11.3 Å². The lowest BCUT2D eigenvalue weighted by atomic mass is 10.2. The molecule has 1 aromatic carbocycles. The van der Waals surface area contributed by atoms with E-state index in [0.717, 1.165) is 0 Å². The van der Waals surface area contributed by atoms with E-state index in [4.69, 9.17) is 5.26 Å². The minimum absolute atomic E-state index is 0.00896. The summed E-state index contributed by atoms with van der Waals surface area (Å²) in [6, 6.07) is 8.16. The summed E-state index contributed by atoms with van der Waals surface area (Å²) >= 11 is 0. The molecule has 4 nitrogen and oxygen atoms in total. The molecule has 0 fully saturated rings. The molecule has 0 N–H and O–H groups in total. The molecule has 0 aliphatic carbocycles. The molecule has 0 saturated heterocycles. The lowest BCUT2D eigenvalue weighted by Gasteiger charge is -2.24. The summed E-state index contributed by atoms with van der Waals surface area (Å²) in [5, 5.41) is 8.61. The monoisotopic (exact) mass is 308 g/mol. The molecule has 0 heterocycles. The van der Waals surface area contributed by atoms with Crippen LogP contribution in [0.3, 0.4) is 0 Å². The molecule has 0 aliphatic heterocycles. The maximum absolute atomic E-state index is 12.3. The first kappa shape index (κ1) is 17.6. The van der Waals surface area contributed by atoms with Crippen molar-refractivity contribution >= 4 is 12.0 Å². The van der Waals surface area contributed by atoms with Gasteiger partial charge >= 0.3 is 6.61 Å². The highest BCUT2D eigenvalue weighted by molar-refractivity contribution is 5.92. The molecule has 0 atom stereocenters. The largest absolute Gasteiger partial charge is 0.434 e. The van der Waals surface area contributed by atoms with E-state index >= 15 is 0 Å². The molecule has 0 saturated carbocycles. The molecule has 22 heavy (non-hydrogen) atoms. The number of nitriles is 1.